The van der Waals surface area contributed by atoms with Crippen molar-refractivity contribution in [3.63, 3.8) is 0 Å². The molecular weight excluding hydrogens is 780 g/mol. The molecule has 8 atom stereocenters. The zero-order valence-electron chi connectivity index (χ0n) is 31.2. The number of phenolic OH excluding ortho intramolecular Hbond substituents is 9. The zero-order valence-corrected chi connectivity index (χ0v) is 31.2. The fourth-order valence-corrected chi connectivity index (χ4v) is 8.71. The van der Waals surface area contributed by atoms with E-state index in [-0.39, 0.29) is 79.9 Å². The third-order valence-corrected chi connectivity index (χ3v) is 11.5. The number of phenols is 9. The molecule has 0 radical (unpaired) electrons. The van der Waals surface area contributed by atoms with E-state index in [9.17, 15) is 61.3 Å². The average molecular weight is 819 g/mol. The van der Waals surface area contributed by atoms with Crippen molar-refractivity contribution in [2.45, 2.75) is 54.9 Å². The average Bonchev–Trinajstić information content (AvgIpc) is 3.21. The summed E-state index contributed by atoms with van der Waals surface area (Å²) in [6.45, 7) is 0. The molecule has 12 N–H and O–H groups in total. The predicted molar refractivity (Wildman–Crippen MR) is 209 cm³/mol. The first-order chi connectivity index (χ1) is 28.7. The zero-order chi connectivity index (χ0) is 42.3. The summed E-state index contributed by atoms with van der Waals surface area (Å²) >= 11 is 0. The van der Waals surface area contributed by atoms with Crippen LogP contribution in [0.5, 0.6) is 69.0 Å². The molecule has 15 nitrogen and oxygen atoms in total. The quantitative estimate of drug-likeness (QED) is 0.0981. The summed E-state index contributed by atoms with van der Waals surface area (Å²) in [5.41, 5.74) is 1.10. The molecule has 15 heteroatoms. The number of hydrogen-bond acceptors (Lipinski definition) is 15. The van der Waals surface area contributed by atoms with Gasteiger partial charge < -0.3 is 75.5 Å². The summed E-state index contributed by atoms with van der Waals surface area (Å²) in [7, 11) is 0. The Balaban J connectivity index is 1.34. The van der Waals surface area contributed by atoms with E-state index in [0.29, 0.717) is 5.56 Å². The summed E-state index contributed by atoms with van der Waals surface area (Å²) in [5, 5.41) is 133. The Labute approximate surface area is 340 Å². The molecule has 9 rings (SSSR count). The minimum absolute atomic E-state index is 0.0503. The number of aromatic hydroxyl groups is 9. The number of aliphatic hydroxyl groups excluding tert-OH is 3. The summed E-state index contributed by atoms with van der Waals surface area (Å²) in [5.74, 6) is -6.20. The van der Waals surface area contributed by atoms with Gasteiger partial charge in [-0.3, -0.25) is 0 Å². The molecule has 0 unspecified atom stereocenters. The van der Waals surface area contributed by atoms with Gasteiger partial charge in [-0.25, -0.2) is 0 Å². The van der Waals surface area contributed by atoms with Crippen molar-refractivity contribution < 1.29 is 75.5 Å². The number of ether oxygens (including phenoxy) is 3. The fraction of sp³-hybridized carbons (Fsp3) is 0.200. The number of aliphatic hydroxyl groups is 3. The molecule has 0 aliphatic carbocycles. The van der Waals surface area contributed by atoms with Crippen molar-refractivity contribution in [3.05, 3.63) is 142 Å². The normalized spacial score (nSPS) is 24.2. The number of fused-ring (bicyclic) bond motifs is 4. The maximum absolute atomic E-state index is 12.9. The fourth-order valence-electron chi connectivity index (χ4n) is 8.71. The van der Waals surface area contributed by atoms with Crippen molar-refractivity contribution in [2.24, 2.45) is 0 Å². The molecule has 6 aromatic carbocycles. The van der Waals surface area contributed by atoms with Crippen LogP contribution in [0, 0.1) is 0 Å². The maximum atomic E-state index is 12.9. The molecule has 0 amide bonds. The lowest BCUT2D eigenvalue weighted by Crippen LogP contribution is -2.39. The van der Waals surface area contributed by atoms with Gasteiger partial charge in [0.2, 0.25) is 0 Å². The smallest absolute Gasteiger partial charge is 0.157 e. The Morgan fingerprint density at radius 3 is 1.48 bits per heavy atom. The van der Waals surface area contributed by atoms with E-state index in [0.717, 1.165) is 6.07 Å². The molecule has 0 saturated heterocycles. The Hall–Kier alpha value is -7.20. The van der Waals surface area contributed by atoms with E-state index in [1.54, 1.807) is 0 Å². The van der Waals surface area contributed by atoms with Crippen LogP contribution in [0.2, 0.25) is 0 Å². The molecule has 0 aromatic heterocycles. The van der Waals surface area contributed by atoms with Gasteiger partial charge in [0.25, 0.3) is 0 Å². The van der Waals surface area contributed by atoms with Crippen LogP contribution in [0.15, 0.2) is 97.1 Å². The highest BCUT2D eigenvalue weighted by atomic mass is 16.5. The number of hydrogen-bond donors (Lipinski definition) is 12. The van der Waals surface area contributed by atoms with Crippen LogP contribution >= 0.6 is 0 Å². The predicted octanol–water partition coefficient (Wildman–Crippen LogP) is 5.33. The Bertz CT molecular complexity index is 2660. The van der Waals surface area contributed by atoms with Crippen molar-refractivity contribution >= 4 is 0 Å². The largest absolute Gasteiger partial charge is 0.508 e. The van der Waals surface area contributed by atoms with E-state index in [2.05, 4.69) is 0 Å². The van der Waals surface area contributed by atoms with Gasteiger partial charge in [0, 0.05) is 58.2 Å². The van der Waals surface area contributed by atoms with Crippen LogP contribution in [0.25, 0.3) is 0 Å². The van der Waals surface area contributed by atoms with E-state index in [1.807, 2.05) is 0 Å². The maximum Gasteiger partial charge on any atom is 0.157 e. The molecule has 0 fully saturated rings. The van der Waals surface area contributed by atoms with E-state index in [1.165, 1.54) is 91.0 Å². The van der Waals surface area contributed by atoms with Gasteiger partial charge in [0.15, 0.2) is 35.2 Å². The third kappa shape index (κ3) is 6.18. The highest BCUT2D eigenvalue weighted by Gasteiger charge is 2.50. The first-order valence-electron chi connectivity index (χ1n) is 18.8. The van der Waals surface area contributed by atoms with Gasteiger partial charge in [0.05, 0.1) is 6.10 Å². The monoisotopic (exact) mass is 818 g/mol. The number of rotatable bonds is 5. The minimum atomic E-state index is -1.63. The summed E-state index contributed by atoms with van der Waals surface area (Å²) < 4.78 is 19.5. The van der Waals surface area contributed by atoms with Gasteiger partial charge in [-0.05, 0) is 65.2 Å². The number of benzene rings is 6. The lowest BCUT2D eigenvalue weighted by atomic mass is 9.73. The van der Waals surface area contributed by atoms with Gasteiger partial charge >= 0.3 is 0 Å². The minimum Gasteiger partial charge on any atom is -0.508 e. The second kappa shape index (κ2) is 14.3. The topological polar surface area (TPSA) is 270 Å². The van der Waals surface area contributed by atoms with Gasteiger partial charge in [-0.1, -0.05) is 36.4 Å². The van der Waals surface area contributed by atoms with Crippen molar-refractivity contribution in [1.29, 1.82) is 0 Å². The van der Waals surface area contributed by atoms with E-state index < -0.39 is 83.0 Å². The van der Waals surface area contributed by atoms with E-state index >= 15 is 0 Å². The van der Waals surface area contributed by atoms with Crippen LogP contribution in [0.1, 0.15) is 74.7 Å². The molecule has 3 heterocycles. The molecule has 6 aromatic rings. The lowest BCUT2D eigenvalue weighted by Gasteiger charge is -2.44. The van der Waals surface area contributed by atoms with Crippen molar-refractivity contribution in [1.82, 2.24) is 0 Å². The molecule has 0 bridgehead atoms. The van der Waals surface area contributed by atoms with Crippen LogP contribution in [-0.4, -0.2) is 79.6 Å². The molecule has 0 spiro atoms. The molecule has 3 aliphatic rings. The second-order valence-electron chi connectivity index (χ2n) is 15.2. The van der Waals surface area contributed by atoms with Crippen LogP contribution in [0.4, 0.5) is 0 Å². The first-order valence-corrected chi connectivity index (χ1v) is 18.8. The van der Waals surface area contributed by atoms with Gasteiger partial charge in [-0.2, -0.15) is 0 Å². The first kappa shape index (κ1) is 38.3. The van der Waals surface area contributed by atoms with Crippen molar-refractivity contribution in [2.75, 3.05) is 0 Å². The lowest BCUT2D eigenvalue weighted by molar-refractivity contribution is -0.00673. The third-order valence-electron chi connectivity index (χ3n) is 11.5. The summed E-state index contributed by atoms with van der Waals surface area (Å²) in [6, 6.07) is 21.3. The Kier molecular flexibility index (Phi) is 9.11. The summed E-state index contributed by atoms with van der Waals surface area (Å²) in [4.78, 5) is 0. The highest BCUT2D eigenvalue weighted by Crippen LogP contribution is 2.62. The SMILES string of the molecule is Oc1ccc([C@H]2Oc3c4c(c([C@@H]5c6ccc(O)cc6O[C@H](c6ccc(O)c(O)c6)[C@H]5O)c(O)c3[C@H](c3ccc(O)cc3O)[C@@H]2O)O[C@H](c2ccc(O)c(O)c2)[C@H](O)C4)cc1. The molecule has 60 heavy (non-hydrogen) atoms. The van der Waals surface area contributed by atoms with Crippen LogP contribution in [0.3, 0.4) is 0 Å². The second-order valence-corrected chi connectivity index (χ2v) is 15.2. The van der Waals surface area contributed by atoms with Gasteiger partial charge in [-0.15, -0.1) is 0 Å². The standard InChI is InChI=1S/C45H38O15/c46-21-5-1-18(2-6-21)42-39(56)34(24-9-7-22(47)15-29(24)51)36-38(55)37(44-26(45(36)60-42)17-32(54)41(59-44)19-3-11-27(49)30(52)13-19)35-25-10-8-23(48)16-33(25)58-43(40(35)57)20-4-12-28(50)31(53)14-20/h1-16,32,34-35,39-43,46-57H,17H2/t32-,34+,35+,39+,40+,41-,42-,43-/m1/s1. The van der Waals surface area contributed by atoms with Crippen molar-refractivity contribution in [3.8, 4) is 69.0 Å². The molecular formula is C45H38O15. The molecule has 0 saturated carbocycles. The van der Waals surface area contributed by atoms with Gasteiger partial charge in [0.1, 0.15) is 64.3 Å². The molecule has 3 aliphatic heterocycles. The Morgan fingerprint density at radius 1 is 0.417 bits per heavy atom. The molecule has 308 valence electrons. The Morgan fingerprint density at radius 2 is 0.900 bits per heavy atom. The highest BCUT2D eigenvalue weighted by molar-refractivity contribution is 5.71. The van der Waals surface area contributed by atoms with E-state index in [4.69, 9.17) is 14.2 Å². The van der Waals surface area contributed by atoms with Crippen LogP contribution in [-0.2, 0) is 6.42 Å². The summed E-state index contributed by atoms with van der Waals surface area (Å²) in [6.07, 6.45) is -8.63. The van der Waals surface area contributed by atoms with Crippen LogP contribution < -0.4 is 14.2 Å².